The van der Waals surface area contributed by atoms with Gasteiger partial charge in [-0.15, -0.1) is 11.3 Å². The van der Waals surface area contributed by atoms with Crippen molar-refractivity contribution in [1.29, 1.82) is 0 Å². The molecule has 5 rings (SSSR count). The molecule has 0 saturated carbocycles. The number of aryl methyl sites for hydroxylation is 2. The average molecular weight is 432 g/mol. The molecule has 6 heteroatoms. The van der Waals surface area contributed by atoms with Crippen LogP contribution in [0.3, 0.4) is 0 Å². The summed E-state index contributed by atoms with van der Waals surface area (Å²) in [6.07, 6.45) is 5.80. The topological polar surface area (TPSA) is 59.2 Å². The summed E-state index contributed by atoms with van der Waals surface area (Å²) in [5, 5.41) is 1.05. The van der Waals surface area contributed by atoms with Gasteiger partial charge in [-0.2, -0.15) is 0 Å². The number of nitrogens with zero attached hydrogens (tertiary/aromatic N) is 3. The quantitative estimate of drug-likeness (QED) is 0.392. The molecular weight excluding hydrogens is 406 g/mol. The molecule has 0 bridgehead atoms. The van der Waals surface area contributed by atoms with Gasteiger partial charge < -0.3 is 9.32 Å². The first-order valence-electron chi connectivity index (χ1n) is 10.8. The number of hydrogen-bond donors (Lipinski definition) is 0. The van der Waals surface area contributed by atoms with Crippen molar-refractivity contribution in [1.82, 2.24) is 14.9 Å². The Morgan fingerprint density at radius 1 is 1.16 bits per heavy atom. The summed E-state index contributed by atoms with van der Waals surface area (Å²) in [4.78, 5) is 24.4. The molecule has 158 valence electrons. The van der Waals surface area contributed by atoms with E-state index in [1.165, 1.54) is 10.3 Å². The van der Waals surface area contributed by atoms with Gasteiger partial charge >= 0.3 is 0 Å². The highest BCUT2D eigenvalue weighted by molar-refractivity contribution is 7.18. The number of carbonyl (C=O) groups is 1. The number of hydrogen-bond acceptors (Lipinski definition) is 5. The van der Waals surface area contributed by atoms with Gasteiger partial charge in [0.15, 0.2) is 11.7 Å². The van der Waals surface area contributed by atoms with Gasteiger partial charge in [0.05, 0.1) is 22.5 Å². The van der Waals surface area contributed by atoms with Crippen LogP contribution in [-0.4, -0.2) is 27.3 Å². The van der Waals surface area contributed by atoms with Crippen molar-refractivity contribution in [2.75, 3.05) is 6.54 Å². The normalized spacial score (nSPS) is 16.7. The monoisotopic (exact) mass is 431 g/mol. The van der Waals surface area contributed by atoms with E-state index >= 15 is 0 Å². The fourth-order valence-corrected chi connectivity index (χ4v) is 5.27. The zero-order valence-corrected chi connectivity index (χ0v) is 18.4. The number of fused-ring (bicyclic) bond motifs is 1. The molecule has 0 radical (unpaired) electrons. The molecule has 0 aliphatic carbocycles. The van der Waals surface area contributed by atoms with Gasteiger partial charge in [0.1, 0.15) is 5.01 Å². The summed E-state index contributed by atoms with van der Waals surface area (Å²) in [5.74, 6) is 1.50. The molecule has 1 amide bonds. The maximum Gasteiger partial charge on any atom is 0.223 e. The van der Waals surface area contributed by atoms with E-state index in [0.717, 1.165) is 47.7 Å². The van der Waals surface area contributed by atoms with Crippen LogP contribution in [-0.2, 0) is 11.2 Å². The molecule has 31 heavy (non-hydrogen) atoms. The fourth-order valence-electron chi connectivity index (χ4n) is 4.15. The highest BCUT2D eigenvalue weighted by atomic mass is 32.1. The molecule has 1 fully saturated rings. The predicted molar refractivity (Wildman–Crippen MR) is 123 cm³/mol. The molecule has 4 aromatic rings. The maximum absolute atomic E-state index is 13.1. The second-order valence-corrected chi connectivity index (χ2v) is 9.17. The van der Waals surface area contributed by atoms with E-state index in [0.29, 0.717) is 18.7 Å². The van der Waals surface area contributed by atoms with Crippen LogP contribution in [0.1, 0.15) is 48.2 Å². The van der Waals surface area contributed by atoms with Gasteiger partial charge in [0.25, 0.3) is 0 Å². The summed E-state index contributed by atoms with van der Waals surface area (Å²) in [6.45, 7) is 2.85. The summed E-state index contributed by atoms with van der Waals surface area (Å²) < 4.78 is 7.09. The third kappa shape index (κ3) is 4.26. The smallest absolute Gasteiger partial charge is 0.223 e. The molecule has 1 aliphatic rings. The van der Waals surface area contributed by atoms with Gasteiger partial charge in [-0.05, 0) is 38.3 Å². The number of benzene rings is 2. The van der Waals surface area contributed by atoms with Crippen molar-refractivity contribution in [2.24, 2.45) is 0 Å². The lowest BCUT2D eigenvalue weighted by atomic mass is 10.0. The lowest BCUT2D eigenvalue weighted by molar-refractivity contribution is -0.135. The van der Waals surface area contributed by atoms with E-state index < -0.39 is 0 Å². The number of carbonyl (C=O) groups excluding carboxylic acids is 1. The molecule has 0 N–H and O–H groups in total. The SMILES string of the molecule is Cc1ccc(-c2cnc(CCC(=O)N3CCCCC3c3nc4ccccc4s3)o2)cc1. The first-order valence-corrected chi connectivity index (χ1v) is 11.7. The number of oxazole rings is 1. The number of para-hydroxylation sites is 1. The Hall–Kier alpha value is -2.99. The minimum absolute atomic E-state index is 0.0753. The zero-order valence-electron chi connectivity index (χ0n) is 17.6. The number of likely N-dealkylation sites (tertiary alicyclic amines) is 1. The fraction of sp³-hybridized carbons (Fsp3) is 0.320. The van der Waals surface area contributed by atoms with E-state index in [-0.39, 0.29) is 11.9 Å². The predicted octanol–water partition coefficient (Wildman–Crippen LogP) is 5.95. The van der Waals surface area contributed by atoms with Gasteiger partial charge in [-0.3, -0.25) is 4.79 Å². The Kier molecular flexibility index (Phi) is 5.55. The highest BCUT2D eigenvalue weighted by Crippen LogP contribution is 2.36. The molecule has 1 atom stereocenters. The summed E-state index contributed by atoms with van der Waals surface area (Å²) in [5.41, 5.74) is 3.23. The van der Waals surface area contributed by atoms with Crippen LogP contribution in [0.4, 0.5) is 0 Å². The van der Waals surface area contributed by atoms with Crippen LogP contribution in [0.2, 0.25) is 0 Å². The average Bonchev–Trinajstić information content (AvgIpc) is 3.45. The van der Waals surface area contributed by atoms with E-state index in [4.69, 9.17) is 9.40 Å². The Balaban J connectivity index is 1.27. The highest BCUT2D eigenvalue weighted by Gasteiger charge is 2.30. The minimum Gasteiger partial charge on any atom is -0.441 e. The lowest BCUT2D eigenvalue weighted by Gasteiger charge is -2.34. The Morgan fingerprint density at radius 2 is 2.00 bits per heavy atom. The standard InChI is InChI=1S/C25H25N3O2S/c1-17-9-11-18(12-10-17)21-16-26-23(30-21)13-14-24(29)28-15-5-4-7-20(28)25-27-19-6-2-3-8-22(19)31-25/h2-3,6,8-12,16,20H,4-5,7,13-15H2,1H3. The van der Waals surface area contributed by atoms with Crippen molar-refractivity contribution in [3.63, 3.8) is 0 Å². The first kappa shape index (κ1) is 19.9. The van der Waals surface area contributed by atoms with Crippen molar-refractivity contribution < 1.29 is 9.21 Å². The summed E-state index contributed by atoms with van der Waals surface area (Å²) in [6, 6.07) is 16.4. The van der Waals surface area contributed by atoms with Crippen molar-refractivity contribution in [2.45, 2.75) is 45.1 Å². The van der Waals surface area contributed by atoms with Crippen molar-refractivity contribution >= 4 is 27.5 Å². The van der Waals surface area contributed by atoms with Gasteiger partial charge in [-0.25, -0.2) is 9.97 Å². The number of rotatable bonds is 5. The first-order chi connectivity index (χ1) is 15.2. The molecule has 5 nitrogen and oxygen atoms in total. The van der Waals surface area contributed by atoms with E-state index in [1.807, 2.05) is 35.2 Å². The molecule has 3 heterocycles. The largest absolute Gasteiger partial charge is 0.441 e. The summed E-state index contributed by atoms with van der Waals surface area (Å²) in [7, 11) is 0. The van der Waals surface area contributed by atoms with Crippen LogP contribution in [0.25, 0.3) is 21.5 Å². The van der Waals surface area contributed by atoms with Gasteiger partial charge in [-0.1, -0.05) is 42.0 Å². The third-order valence-electron chi connectivity index (χ3n) is 5.86. The van der Waals surface area contributed by atoms with Crippen LogP contribution < -0.4 is 0 Å². The lowest BCUT2D eigenvalue weighted by Crippen LogP contribution is -2.38. The second kappa shape index (κ2) is 8.63. The van der Waals surface area contributed by atoms with Crippen LogP contribution in [0.5, 0.6) is 0 Å². The zero-order chi connectivity index (χ0) is 21.2. The van der Waals surface area contributed by atoms with Crippen molar-refractivity contribution in [3.05, 3.63) is 71.2 Å². The molecule has 0 spiro atoms. The number of amides is 1. The van der Waals surface area contributed by atoms with E-state index in [1.54, 1.807) is 17.5 Å². The maximum atomic E-state index is 13.1. The second-order valence-electron chi connectivity index (χ2n) is 8.10. The Morgan fingerprint density at radius 3 is 2.84 bits per heavy atom. The third-order valence-corrected chi connectivity index (χ3v) is 7.00. The molecular formula is C25H25N3O2S. The Bertz CT molecular complexity index is 1160. The van der Waals surface area contributed by atoms with Gasteiger partial charge in [0, 0.05) is 24.9 Å². The Labute approximate surface area is 185 Å². The van der Waals surface area contributed by atoms with Crippen LogP contribution in [0, 0.1) is 6.92 Å². The molecule has 2 aromatic heterocycles. The molecule has 1 unspecified atom stereocenters. The van der Waals surface area contributed by atoms with E-state index in [2.05, 4.69) is 30.1 Å². The van der Waals surface area contributed by atoms with E-state index in [9.17, 15) is 4.79 Å². The minimum atomic E-state index is 0.0753. The number of thiazole rings is 1. The number of piperidine rings is 1. The number of aromatic nitrogens is 2. The van der Waals surface area contributed by atoms with Gasteiger partial charge in [0.2, 0.25) is 5.91 Å². The van der Waals surface area contributed by atoms with Crippen LogP contribution in [0.15, 0.2) is 59.1 Å². The van der Waals surface area contributed by atoms with Crippen LogP contribution >= 0.6 is 11.3 Å². The molecule has 1 saturated heterocycles. The molecule has 2 aromatic carbocycles. The molecule has 1 aliphatic heterocycles. The van der Waals surface area contributed by atoms with Crippen molar-refractivity contribution in [3.8, 4) is 11.3 Å². The summed E-state index contributed by atoms with van der Waals surface area (Å²) >= 11 is 1.71.